The van der Waals surface area contributed by atoms with E-state index >= 15 is 0 Å². The summed E-state index contributed by atoms with van der Waals surface area (Å²) in [6, 6.07) is 13.4. The molecule has 1 heterocycles. The molecule has 2 amide bonds. The molecule has 0 aliphatic carbocycles. The van der Waals surface area contributed by atoms with Gasteiger partial charge in [0.15, 0.2) is 0 Å². The minimum atomic E-state index is -0.0693. The third kappa shape index (κ3) is 5.35. The number of rotatable bonds is 7. The van der Waals surface area contributed by atoms with Crippen molar-refractivity contribution >= 4 is 11.8 Å². The van der Waals surface area contributed by atoms with Crippen LogP contribution < -0.4 is 10.1 Å². The van der Waals surface area contributed by atoms with Crippen molar-refractivity contribution in [3.05, 3.63) is 64.7 Å². The average Bonchev–Trinajstić information content (AvgIpc) is 3.23. The molecule has 0 atom stereocenters. The first kappa shape index (κ1) is 19.9. The molecule has 3 rings (SSSR count). The highest BCUT2D eigenvalue weighted by Gasteiger charge is 2.19. The molecule has 0 bridgehead atoms. The van der Waals surface area contributed by atoms with Gasteiger partial charge in [-0.15, -0.1) is 0 Å². The average molecular weight is 380 g/mol. The second kappa shape index (κ2) is 9.40. The van der Waals surface area contributed by atoms with Gasteiger partial charge in [-0.05, 0) is 67.6 Å². The van der Waals surface area contributed by atoms with Crippen LogP contribution in [0.15, 0.2) is 42.5 Å². The zero-order chi connectivity index (χ0) is 19.9. The molecule has 0 aromatic heterocycles. The first-order valence-corrected chi connectivity index (χ1v) is 9.88. The summed E-state index contributed by atoms with van der Waals surface area (Å²) >= 11 is 0. The quantitative estimate of drug-likeness (QED) is 0.798. The number of aryl methyl sites for hydroxylation is 2. The van der Waals surface area contributed by atoms with Crippen molar-refractivity contribution < 1.29 is 14.3 Å². The summed E-state index contributed by atoms with van der Waals surface area (Å²) in [6.45, 7) is 6.50. The molecule has 1 N–H and O–H groups in total. The van der Waals surface area contributed by atoms with Crippen LogP contribution in [-0.2, 0) is 11.3 Å². The SMILES string of the molecule is Cc1ccc(OCCC(=O)NCc2cccc(C(=O)N3CCCC3)c2)cc1C. The predicted molar refractivity (Wildman–Crippen MR) is 109 cm³/mol. The maximum Gasteiger partial charge on any atom is 0.253 e. The fourth-order valence-electron chi connectivity index (χ4n) is 3.27. The molecule has 0 spiro atoms. The van der Waals surface area contributed by atoms with Crippen LogP contribution in [0.2, 0.25) is 0 Å². The molecule has 5 nitrogen and oxygen atoms in total. The Balaban J connectivity index is 1.44. The maximum atomic E-state index is 12.5. The van der Waals surface area contributed by atoms with Gasteiger partial charge in [-0.2, -0.15) is 0 Å². The van der Waals surface area contributed by atoms with Crippen molar-refractivity contribution in [2.45, 2.75) is 39.7 Å². The van der Waals surface area contributed by atoms with E-state index in [0.717, 1.165) is 37.2 Å². The van der Waals surface area contributed by atoms with E-state index < -0.39 is 0 Å². The van der Waals surface area contributed by atoms with Gasteiger partial charge in [0.1, 0.15) is 5.75 Å². The lowest BCUT2D eigenvalue weighted by Crippen LogP contribution is -2.28. The van der Waals surface area contributed by atoms with Crippen LogP contribution in [-0.4, -0.2) is 36.4 Å². The Labute approximate surface area is 166 Å². The summed E-state index contributed by atoms with van der Waals surface area (Å²) < 4.78 is 5.66. The Morgan fingerprint density at radius 1 is 1.04 bits per heavy atom. The highest BCUT2D eigenvalue weighted by atomic mass is 16.5. The number of ether oxygens (including phenoxy) is 1. The third-order valence-corrected chi connectivity index (χ3v) is 5.13. The standard InChI is InChI=1S/C23H28N2O3/c1-17-8-9-21(14-18(17)2)28-13-10-22(26)24-16-19-6-5-7-20(15-19)23(27)25-11-3-4-12-25/h5-9,14-15H,3-4,10-13,16H2,1-2H3,(H,24,26). The monoisotopic (exact) mass is 380 g/mol. The summed E-state index contributed by atoms with van der Waals surface area (Å²) in [5.74, 6) is 0.789. The molecule has 0 radical (unpaired) electrons. The molecule has 2 aromatic carbocycles. The highest BCUT2D eigenvalue weighted by Crippen LogP contribution is 2.17. The van der Waals surface area contributed by atoms with E-state index in [4.69, 9.17) is 4.74 Å². The molecule has 1 fully saturated rings. The molecule has 148 valence electrons. The van der Waals surface area contributed by atoms with Gasteiger partial charge >= 0.3 is 0 Å². The van der Waals surface area contributed by atoms with Crippen LogP contribution in [0.4, 0.5) is 0 Å². The Kier molecular flexibility index (Phi) is 6.69. The number of carbonyl (C=O) groups excluding carboxylic acids is 2. The number of nitrogens with one attached hydrogen (secondary N) is 1. The molecule has 1 saturated heterocycles. The summed E-state index contributed by atoms with van der Waals surface area (Å²) in [5.41, 5.74) is 4.00. The van der Waals surface area contributed by atoms with Crippen LogP contribution in [0.25, 0.3) is 0 Å². The number of likely N-dealkylation sites (tertiary alicyclic amines) is 1. The fraction of sp³-hybridized carbons (Fsp3) is 0.391. The van der Waals surface area contributed by atoms with E-state index in [1.807, 2.05) is 54.3 Å². The maximum absolute atomic E-state index is 12.5. The van der Waals surface area contributed by atoms with E-state index in [1.165, 1.54) is 11.1 Å². The van der Waals surface area contributed by atoms with Crippen molar-refractivity contribution in [1.29, 1.82) is 0 Å². The number of carbonyl (C=O) groups is 2. The van der Waals surface area contributed by atoms with Crippen molar-refractivity contribution in [1.82, 2.24) is 10.2 Å². The van der Waals surface area contributed by atoms with Crippen LogP contribution >= 0.6 is 0 Å². The number of nitrogens with zero attached hydrogens (tertiary/aromatic N) is 1. The third-order valence-electron chi connectivity index (χ3n) is 5.13. The lowest BCUT2D eigenvalue weighted by molar-refractivity contribution is -0.121. The Hall–Kier alpha value is -2.82. The van der Waals surface area contributed by atoms with Gasteiger partial charge in [0.2, 0.25) is 5.91 Å². The molecule has 0 unspecified atom stereocenters. The normalized spacial score (nSPS) is 13.4. The van der Waals surface area contributed by atoms with E-state index in [-0.39, 0.29) is 11.8 Å². The second-order valence-corrected chi connectivity index (χ2v) is 7.32. The van der Waals surface area contributed by atoms with Gasteiger partial charge in [0, 0.05) is 25.2 Å². The zero-order valence-corrected chi connectivity index (χ0v) is 16.7. The predicted octanol–water partition coefficient (Wildman–Crippen LogP) is 3.62. The number of benzene rings is 2. The summed E-state index contributed by atoms with van der Waals surface area (Å²) in [5, 5.41) is 2.90. The number of amides is 2. The van der Waals surface area contributed by atoms with Crippen LogP contribution in [0.1, 0.15) is 46.3 Å². The number of hydrogen-bond donors (Lipinski definition) is 1. The largest absolute Gasteiger partial charge is 0.493 e. The van der Waals surface area contributed by atoms with Crippen molar-refractivity contribution in [2.24, 2.45) is 0 Å². The van der Waals surface area contributed by atoms with Gasteiger partial charge in [-0.3, -0.25) is 9.59 Å². The van der Waals surface area contributed by atoms with Gasteiger partial charge in [-0.1, -0.05) is 18.2 Å². The van der Waals surface area contributed by atoms with Crippen molar-refractivity contribution in [3.8, 4) is 5.75 Å². The van der Waals surface area contributed by atoms with Crippen molar-refractivity contribution in [3.63, 3.8) is 0 Å². The van der Waals surface area contributed by atoms with E-state index in [2.05, 4.69) is 12.2 Å². The first-order valence-electron chi connectivity index (χ1n) is 9.88. The molecule has 0 saturated carbocycles. The fourth-order valence-corrected chi connectivity index (χ4v) is 3.27. The molecular formula is C23H28N2O3. The van der Waals surface area contributed by atoms with Crippen LogP contribution in [0.5, 0.6) is 5.75 Å². The molecule has 2 aromatic rings. The van der Waals surface area contributed by atoms with E-state index in [9.17, 15) is 9.59 Å². The smallest absolute Gasteiger partial charge is 0.253 e. The van der Waals surface area contributed by atoms with Crippen molar-refractivity contribution in [2.75, 3.05) is 19.7 Å². The van der Waals surface area contributed by atoms with Crippen LogP contribution in [0, 0.1) is 13.8 Å². The minimum Gasteiger partial charge on any atom is -0.493 e. The highest BCUT2D eigenvalue weighted by molar-refractivity contribution is 5.94. The Morgan fingerprint density at radius 3 is 2.57 bits per heavy atom. The summed E-state index contributed by atoms with van der Waals surface area (Å²) in [4.78, 5) is 26.5. The number of hydrogen-bond acceptors (Lipinski definition) is 3. The lowest BCUT2D eigenvalue weighted by atomic mass is 10.1. The topological polar surface area (TPSA) is 58.6 Å². The Morgan fingerprint density at radius 2 is 1.82 bits per heavy atom. The van der Waals surface area contributed by atoms with Crippen LogP contribution in [0.3, 0.4) is 0 Å². The zero-order valence-electron chi connectivity index (χ0n) is 16.7. The summed E-state index contributed by atoms with van der Waals surface area (Å²) in [6.07, 6.45) is 2.44. The molecule has 28 heavy (non-hydrogen) atoms. The molecule has 1 aliphatic rings. The molecule has 1 aliphatic heterocycles. The Bertz CT molecular complexity index is 841. The molecule has 5 heteroatoms. The van der Waals surface area contributed by atoms with Gasteiger partial charge in [-0.25, -0.2) is 0 Å². The van der Waals surface area contributed by atoms with Gasteiger partial charge in [0.25, 0.3) is 5.91 Å². The lowest BCUT2D eigenvalue weighted by Gasteiger charge is -2.15. The summed E-state index contributed by atoms with van der Waals surface area (Å²) in [7, 11) is 0. The molecular weight excluding hydrogens is 352 g/mol. The first-order chi connectivity index (χ1) is 13.5. The van der Waals surface area contributed by atoms with Gasteiger partial charge in [0.05, 0.1) is 13.0 Å². The van der Waals surface area contributed by atoms with Gasteiger partial charge < -0.3 is 15.0 Å². The second-order valence-electron chi connectivity index (χ2n) is 7.32. The van der Waals surface area contributed by atoms with E-state index in [1.54, 1.807) is 0 Å². The van der Waals surface area contributed by atoms with E-state index in [0.29, 0.717) is 25.1 Å². The minimum absolute atomic E-state index is 0.0693.